The zero-order chi connectivity index (χ0) is 12.2. The maximum Gasteiger partial charge on any atom is 0.322 e. The molecular weight excluding hydrogens is 206 g/mol. The van der Waals surface area contributed by atoms with Crippen molar-refractivity contribution in [2.24, 2.45) is 11.5 Å². The van der Waals surface area contributed by atoms with Gasteiger partial charge in [-0.2, -0.15) is 0 Å². The van der Waals surface area contributed by atoms with Gasteiger partial charge in [0.25, 0.3) is 0 Å². The lowest BCUT2D eigenvalue weighted by atomic mass is 10.1. The van der Waals surface area contributed by atoms with Gasteiger partial charge in [0.2, 0.25) is 0 Å². The number of aromatic nitrogens is 1. The third-order valence-electron chi connectivity index (χ3n) is 1.97. The Balaban J connectivity index is 0.000000368. The normalized spacial score (nSPS) is 11.2. The molecule has 0 fully saturated rings. The number of H-pyrrole nitrogens is 1. The Morgan fingerprint density at radius 3 is 2.38 bits per heavy atom. The molecule has 16 heavy (non-hydrogen) atoms. The Morgan fingerprint density at radius 2 is 2.00 bits per heavy atom. The van der Waals surface area contributed by atoms with Crippen LogP contribution in [0.2, 0.25) is 0 Å². The molecule has 5 nitrogen and oxygen atoms in total. The van der Waals surface area contributed by atoms with Crippen LogP contribution in [0.25, 0.3) is 0 Å². The highest BCUT2D eigenvalue weighted by molar-refractivity contribution is 5.75. The fourth-order valence-corrected chi connectivity index (χ4v) is 1.06. The van der Waals surface area contributed by atoms with E-state index in [0.717, 1.165) is 12.8 Å². The molecule has 92 valence electrons. The molecule has 0 aromatic carbocycles. The molecule has 0 aliphatic heterocycles. The standard InChI is InChI=1S/C7H16N2O2.C4H5N/c1-11-7(10)6(9)4-2-3-5-8;1-2-4-5-3-1/h6H,2-5,8-9H2,1H3;1-5H. The van der Waals surface area contributed by atoms with E-state index in [0.29, 0.717) is 13.0 Å². The second-order valence-corrected chi connectivity index (χ2v) is 3.30. The van der Waals surface area contributed by atoms with Crippen molar-refractivity contribution < 1.29 is 9.53 Å². The van der Waals surface area contributed by atoms with E-state index in [9.17, 15) is 4.79 Å². The molecule has 0 radical (unpaired) electrons. The third kappa shape index (κ3) is 8.02. The summed E-state index contributed by atoms with van der Waals surface area (Å²) in [6, 6.07) is 3.41. The van der Waals surface area contributed by atoms with E-state index in [2.05, 4.69) is 9.72 Å². The monoisotopic (exact) mass is 227 g/mol. The summed E-state index contributed by atoms with van der Waals surface area (Å²) >= 11 is 0. The van der Waals surface area contributed by atoms with Crippen LogP contribution in [-0.2, 0) is 9.53 Å². The van der Waals surface area contributed by atoms with Crippen LogP contribution in [0.1, 0.15) is 19.3 Å². The number of nitrogens with one attached hydrogen (secondary N) is 1. The van der Waals surface area contributed by atoms with Gasteiger partial charge in [0, 0.05) is 12.4 Å². The van der Waals surface area contributed by atoms with Crippen LogP contribution in [-0.4, -0.2) is 30.6 Å². The first kappa shape index (κ1) is 14.7. The molecule has 0 aliphatic rings. The van der Waals surface area contributed by atoms with Crippen LogP contribution < -0.4 is 11.5 Å². The quantitative estimate of drug-likeness (QED) is 0.508. The highest BCUT2D eigenvalue weighted by atomic mass is 16.5. The molecule has 0 spiro atoms. The van der Waals surface area contributed by atoms with E-state index in [4.69, 9.17) is 11.5 Å². The minimum atomic E-state index is -0.480. The van der Waals surface area contributed by atoms with Crippen LogP contribution in [0.15, 0.2) is 24.5 Å². The van der Waals surface area contributed by atoms with Crippen molar-refractivity contribution in [1.82, 2.24) is 4.98 Å². The van der Waals surface area contributed by atoms with Crippen molar-refractivity contribution in [3.8, 4) is 0 Å². The van der Waals surface area contributed by atoms with Crippen molar-refractivity contribution in [3.63, 3.8) is 0 Å². The van der Waals surface area contributed by atoms with Crippen molar-refractivity contribution in [1.29, 1.82) is 0 Å². The first-order valence-corrected chi connectivity index (χ1v) is 5.33. The Labute approximate surface area is 96.2 Å². The number of esters is 1. The van der Waals surface area contributed by atoms with E-state index >= 15 is 0 Å². The van der Waals surface area contributed by atoms with E-state index in [1.807, 2.05) is 24.5 Å². The molecule has 1 heterocycles. The van der Waals surface area contributed by atoms with Gasteiger partial charge in [0.1, 0.15) is 6.04 Å². The predicted octanol–water partition coefficient (Wildman–Crippen LogP) is 0.630. The van der Waals surface area contributed by atoms with Gasteiger partial charge >= 0.3 is 5.97 Å². The smallest absolute Gasteiger partial charge is 0.322 e. The summed E-state index contributed by atoms with van der Waals surface area (Å²) in [6.07, 6.45) is 6.20. The third-order valence-corrected chi connectivity index (χ3v) is 1.97. The number of rotatable bonds is 5. The molecular formula is C11H21N3O2. The molecule has 1 aromatic rings. The Kier molecular flexibility index (Phi) is 9.35. The zero-order valence-electron chi connectivity index (χ0n) is 9.69. The molecule has 1 aromatic heterocycles. The molecule has 0 amide bonds. The molecule has 5 N–H and O–H groups in total. The molecule has 1 atom stereocenters. The van der Waals surface area contributed by atoms with Gasteiger partial charge in [-0.05, 0) is 31.5 Å². The van der Waals surface area contributed by atoms with Gasteiger partial charge in [0.05, 0.1) is 7.11 Å². The van der Waals surface area contributed by atoms with E-state index < -0.39 is 6.04 Å². The number of nitrogens with two attached hydrogens (primary N) is 2. The Morgan fingerprint density at radius 1 is 1.38 bits per heavy atom. The maximum atomic E-state index is 10.7. The van der Waals surface area contributed by atoms with Gasteiger partial charge in [-0.1, -0.05) is 6.42 Å². The lowest BCUT2D eigenvalue weighted by molar-refractivity contribution is -0.142. The molecule has 0 bridgehead atoms. The zero-order valence-corrected chi connectivity index (χ0v) is 9.69. The number of unbranched alkanes of at least 4 members (excludes halogenated alkanes) is 1. The first-order chi connectivity index (χ1) is 7.72. The Hall–Kier alpha value is -1.33. The number of methoxy groups -OCH3 is 1. The molecule has 0 saturated carbocycles. The number of hydrogen-bond acceptors (Lipinski definition) is 4. The number of hydrogen-bond donors (Lipinski definition) is 3. The van der Waals surface area contributed by atoms with Crippen LogP contribution in [0.3, 0.4) is 0 Å². The number of aromatic amines is 1. The predicted molar refractivity (Wildman–Crippen MR) is 63.7 cm³/mol. The highest BCUT2D eigenvalue weighted by Gasteiger charge is 2.11. The maximum absolute atomic E-state index is 10.7. The summed E-state index contributed by atoms with van der Waals surface area (Å²) in [5.74, 6) is -0.345. The average Bonchev–Trinajstić information content (AvgIpc) is 2.86. The highest BCUT2D eigenvalue weighted by Crippen LogP contribution is 1.98. The molecule has 0 saturated heterocycles. The average molecular weight is 227 g/mol. The minimum absolute atomic E-state index is 0.345. The van der Waals surface area contributed by atoms with Crippen molar-refractivity contribution in [2.75, 3.05) is 13.7 Å². The molecule has 5 heteroatoms. The Bertz CT molecular complexity index is 233. The van der Waals surface area contributed by atoms with Gasteiger partial charge in [0.15, 0.2) is 0 Å². The summed E-state index contributed by atoms with van der Waals surface area (Å²) in [5, 5.41) is 0. The lowest BCUT2D eigenvalue weighted by Gasteiger charge is -2.07. The van der Waals surface area contributed by atoms with Crippen molar-refractivity contribution in [3.05, 3.63) is 24.5 Å². The lowest BCUT2D eigenvalue weighted by Crippen LogP contribution is -2.31. The number of carbonyl (C=O) groups excluding carboxylic acids is 1. The first-order valence-electron chi connectivity index (χ1n) is 5.33. The summed E-state index contributed by atoms with van der Waals surface area (Å²) in [6.45, 7) is 0.647. The fourth-order valence-electron chi connectivity index (χ4n) is 1.06. The van der Waals surface area contributed by atoms with Gasteiger partial charge in [-0.3, -0.25) is 4.79 Å². The SMILES string of the molecule is COC(=O)C(N)CCCCN.c1cc[nH]c1. The van der Waals surface area contributed by atoms with Crippen molar-refractivity contribution >= 4 is 5.97 Å². The van der Waals surface area contributed by atoms with Gasteiger partial charge in [-0.25, -0.2) is 0 Å². The van der Waals surface area contributed by atoms with Crippen LogP contribution >= 0.6 is 0 Å². The van der Waals surface area contributed by atoms with E-state index in [1.54, 1.807) is 0 Å². The largest absolute Gasteiger partial charge is 0.468 e. The van der Waals surface area contributed by atoms with Gasteiger partial charge < -0.3 is 21.2 Å². The second kappa shape index (κ2) is 10.2. The van der Waals surface area contributed by atoms with Crippen LogP contribution in [0.5, 0.6) is 0 Å². The minimum Gasteiger partial charge on any atom is -0.468 e. The van der Waals surface area contributed by atoms with Crippen LogP contribution in [0, 0.1) is 0 Å². The summed E-state index contributed by atoms with van der Waals surface area (Å²) in [7, 11) is 1.34. The summed E-state index contributed by atoms with van der Waals surface area (Å²) < 4.78 is 4.45. The molecule has 1 rings (SSSR count). The topological polar surface area (TPSA) is 94.1 Å². The number of ether oxygens (including phenoxy) is 1. The molecule has 1 unspecified atom stereocenters. The van der Waals surface area contributed by atoms with Gasteiger partial charge in [-0.15, -0.1) is 0 Å². The van der Waals surface area contributed by atoms with Crippen molar-refractivity contribution in [2.45, 2.75) is 25.3 Å². The molecule has 0 aliphatic carbocycles. The summed E-state index contributed by atoms with van der Waals surface area (Å²) in [4.78, 5) is 13.6. The van der Waals surface area contributed by atoms with E-state index in [-0.39, 0.29) is 5.97 Å². The second-order valence-electron chi connectivity index (χ2n) is 3.30. The van der Waals surface area contributed by atoms with Crippen LogP contribution in [0.4, 0.5) is 0 Å². The fraction of sp³-hybridized carbons (Fsp3) is 0.545. The number of carbonyl (C=O) groups is 1. The summed E-state index contributed by atoms with van der Waals surface area (Å²) in [5.41, 5.74) is 10.7. The van der Waals surface area contributed by atoms with E-state index in [1.165, 1.54) is 7.11 Å².